The number of hydrogen-bond acceptors (Lipinski definition) is 2. The van der Waals surface area contributed by atoms with Crippen LogP contribution >= 0.6 is 0 Å². The molecule has 1 atom stereocenters. The molecule has 0 aliphatic heterocycles. The normalized spacial score (nSPS) is 11.8. The van der Waals surface area contributed by atoms with Gasteiger partial charge in [0.15, 0.2) is 0 Å². The van der Waals surface area contributed by atoms with Crippen LogP contribution in [-0.4, -0.2) is 10.1 Å². The van der Waals surface area contributed by atoms with Crippen molar-refractivity contribution in [3.63, 3.8) is 0 Å². The molecule has 19 heavy (non-hydrogen) atoms. The molecule has 1 N–H and O–H groups in total. The molecular formula is C16H16N2O. The molecule has 0 aliphatic carbocycles. The van der Waals surface area contributed by atoms with Gasteiger partial charge in [-0.3, -0.25) is 4.98 Å². The molecule has 96 valence electrons. The Morgan fingerprint density at radius 1 is 1.32 bits per heavy atom. The predicted molar refractivity (Wildman–Crippen MR) is 76.3 cm³/mol. The summed E-state index contributed by atoms with van der Waals surface area (Å²) in [6.07, 6.45) is 2.43. The third-order valence-corrected chi connectivity index (χ3v) is 3.37. The van der Waals surface area contributed by atoms with Crippen molar-refractivity contribution in [2.45, 2.75) is 26.2 Å². The Bertz CT molecular complexity index is 612. The zero-order valence-electron chi connectivity index (χ0n) is 11.1. The smallest absolute Gasteiger partial charge is 0.231 e. The summed E-state index contributed by atoms with van der Waals surface area (Å²) in [5.41, 5.74) is 3.20. The monoisotopic (exact) mass is 252 g/mol. The second kappa shape index (κ2) is 5.53. The van der Waals surface area contributed by atoms with Crippen molar-refractivity contribution in [2.24, 2.45) is 0 Å². The lowest BCUT2D eigenvalue weighted by molar-refractivity contribution is 0.476. The zero-order chi connectivity index (χ0) is 13.8. The van der Waals surface area contributed by atoms with Gasteiger partial charge < -0.3 is 5.11 Å². The summed E-state index contributed by atoms with van der Waals surface area (Å²) < 4.78 is 0. The van der Waals surface area contributed by atoms with Gasteiger partial charge in [0.1, 0.15) is 5.75 Å². The van der Waals surface area contributed by atoms with Gasteiger partial charge in [0.25, 0.3) is 0 Å². The van der Waals surface area contributed by atoms with Crippen molar-refractivity contribution in [2.75, 3.05) is 0 Å². The molecule has 1 heterocycles. The molecule has 1 unspecified atom stereocenters. The summed E-state index contributed by atoms with van der Waals surface area (Å²) in [5.74, 6) is 0.468. The highest BCUT2D eigenvalue weighted by atomic mass is 16.3. The van der Waals surface area contributed by atoms with E-state index in [1.165, 1.54) is 11.8 Å². The molecule has 1 aromatic heterocycles. The van der Waals surface area contributed by atoms with Gasteiger partial charge in [-0.15, -0.1) is 0 Å². The van der Waals surface area contributed by atoms with Crippen LogP contribution in [0.5, 0.6) is 5.75 Å². The number of benzene rings is 1. The Morgan fingerprint density at radius 2 is 2.00 bits per heavy atom. The van der Waals surface area contributed by atoms with E-state index in [1.54, 1.807) is 6.07 Å². The summed E-state index contributed by atoms with van der Waals surface area (Å²) in [5, 5.41) is 9.45. The third kappa shape index (κ3) is 2.74. The van der Waals surface area contributed by atoms with Crippen LogP contribution < -0.4 is 0 Å². The SMILES string of the molecule is [C-]#[N+]c1cc(-c2ccc(C(C)CC)cc2)ncc1O. The predicted octanol–water partition coefficient (Wildman–Crippen LogP) is 4.52. The van der Waals surface area contributed by atoms with E-state index in [-0.39, 0.29) is 11.4 Å². The summed E-state index contributed by atoms with van der Waals surface area (Å²) in [4.78, 5) is 7.43. The molecule has 0 fully saturated rings. The molecule has 2 rings (SSSR count). The highest BCUT2D eigenvalue weighted by Gasteiger charge is 2.07. The van der Waals surface area contributed by atoms with Crippen molar-refractivity contribution in [3.05, 3.63) is 53.5 Å². The Morgan fingerprint density at radius 3 is 2.58 bits per heavy atom. The molecule has 0 amide bonds. The lowest BCUT2D eigenvalue weighted by Gasteiger charge is -2.09. The molecule has 0 bridgehead atoms. The lowest BCUT2D eigenvalue weighted by Crippen LogP contribution is -1.91. The molecule has 2 aromatic rings. The average molecular weight is 252 g/mol. The van der Waals surface area contributed by atoms with Gasteiger partial charge in [-0.1, -0.05) is 38.1 Å². The molecule has 3 heteroatoms. The van der Waals surface area contributed by atoms with E-state index < -0.39 is 0 Å². The minimum atomic E-state index is -0.0741. The summed E-state index contributed by atoms with van der Waals surface area (Å²) in [6, 6.07) is 9.81. The van der Waals surface area contributed by atoms with E-state index in [2.05, 4.69) is 35.8 Å². The first-order chi connectivity index (χ1) is 9.15. The standard InChI is InChI=1S/C16H16N2O/c1-4-11(2)12-5-7-13(8-6-12)14-9-15(17-3)16(19)10-18-14/h5-11,19H,4H2,1-2H3. The first-order valence-corrected chi connectivity index (χ1v) is 6.32. The maximum Gasteiger partial charge on any atom is 0.231 e. The van der Waals surface area contributed by atoms with Crippen molar-refractivity contribution < 1.29 is 5.11 Å². The van der Waals surface area contributed by atoms with Crippen LogP contribution in [0.2, 0.25) is 0 Å². The number of hydrogen-bond donors (Lipinski definition) is 1. The zero-order valence-corrected chi connectivity index (χ0v) is 11.1. The largest absolute Gasteiger partial charge is 0.517 e. The number of pyridine rings is 1. The van der Waals surface area contributed by atoms with Crippen LogP contribution in [-0.2, 0) is 0 Å². The minimum Gasteiger partial charge on any atom is -0.517 e. The van der Waals surface area contributed by atoms with Gasteiger partial charge in [-0.25, -0.2) is 4.85 Å². The Labute approximate surface area is 113 Å². The van der Waals surface area contributed by atoms with Crippen LogP contribution in [0.1, 0.15) is 31.7 Å². The molecule has 0 aliphatic rings. The Balaban J connectivity index is 2.35. The number of rotatable bonds is 3. The van der Waals surface area contributed by atoms with Crippen LogP contribution in [0, 0.1) is 6.57 Å². The van der Waals surface area contributed by atoms with Gasteiger partial charge in [-0.2, -0.15) is 0 Å². The summed E-state index contributed by atoms with van der Waals surface area (Å²) in [6.45, 7) is 11.4. The fourth-order valence-corrected chi connectivity index (χ4v) is 1.90. The van der Waals surface area contributed by atoms with E-state index in [9.17, 15) is 5.11 Å². The highest BCUT2D eigenvalue weighted by Crippen LogP contribution is 2.30. The van der Waals surface area contributed by atoms with Crippen molar-refractivity contribution >= 4 is 5.69 Å². The maximum atomic E-state index is 9.45. The Kier molecular flexibility index (Phi) is 3.82. The molecule has 1 aromatic carbocycles. The van der Waals surface area contributed by atoms with E-state index in [1.807, 2.05) is 12.1 Å². The minimum absolute atomic E-state index is 0.0741. The number of aromatic nitrogens is 1. The molecule has 0 spiro atoms. The van der Waals surface area contributed by atoms with Gasteiger partial charge >= 0.3 is 0 Å². The molecule has 0 saturated heterocycles. The van der Waals surface area contributed by atoms with Gasteiger partial charge in [-0.05, 0) is 29.5 Å². The second-order valence-electron chi connectivity index (χ2n) is 4.60. The van der Waals surface area contributed by atoms with Crippen LogP contribution in [0.15, 0.2) is 36.5 Å². The number of aromatic hydroxyl groups is 1. The summed E-state index contributed by atoms with van der Waals surface area (Å²) in [7, 11) is 0. The van der Waals surface area contributed by atoms with E-state index in [0.717, 1.165) is 12.0 Å². The van der Waals surface area contributed by atoms with E-state index >= 15 is 0 Å². The molecule has 0 saturated carbocycles. The average Bonchev–Trinajstić information content (AvgIpc) is 2.47. The molecule has 3 nitrogen and oxygen atoms in total. The first kappa shape index (κ1) is 13.1. The maximum absolute atomic E-state index is 9.45. The number of nitrogens with zero attached hydrogens (tertiary/aromatic N) is 2. The molecular weight excluding hydrogens is 236 g/mol. The van der Waals surface area contributed by atoms with Gasteiger partial charge in [0, 0.05) is 0 Å². The van der Waals surface area contributed by atoms with E-state index in [4.69, 9.17) is 6.57 Å². The fourth-order valence-electron chi connectivity index (χ4n) is 1.90. The van der Waals surface area contributed by atoms with Crippen LogP contribution in [0.4, 0.5) is 5.69 Å². The van der Waals surface area contributed by atoms with Crippen molar-refractivity contribution in [1.82, 2.24) is 4.98 Å². The van der Waals surface area contributed by atoms with Crippen LogP contribution in [0.25, 0.3) is 16.1 Å². The van der Waals surface area contributed by atoms with Crippen molar-refractivity contribution in [3.8, 4) is 17.0 Å². The second-order valence-corrected chi connectivity index (χ2v) is 4.60. The molecule has 0 radical (unpaired) electrons. The van der Waals surface area contributed by atoms with Gasteiger partial charge in [0.05, 0.1) is 18.5 Å². The first-order valence-electron chi connectivity index (χ1n) is 6.32. The van der Waals surface area contributed by atoms with E-state index in [0.29, 0.717) is 11.6 Å². The fraction of sp³-hybridized carbons (Fsp3) is 0.250. The van der Waals surface area contributed by atoms with Crippen molar-refractivity contribution in [1.29, 1.82) is 0 Å². The lowest BCUT2D eigenvalue weighted by atomic mass is 9.97. The summed E-state index contributed by atoms with van der Waals surface area (Å²) >= 11 is 0. The third-order valence-electron chi connectivity index (χ3n) is 3.37. The topological polar surface area (TPSA) is 37.5 Å². The van der Waals surface area contributed by atoms with Crippen LogP contribution in [0.3, 0.4) is 0 Å². The van der Waals surface area contributed by atoms with Gasteiger partial charge in [0.2, 0.25) is 5.69 Å². The Hall–Kier alpha value is -2.34. The quantitative estimate of drug-likeness (QED) is 0.815. The highest BCUT2D eigenvalue weighted by molar-refractivity contribution is 5.68.